The van der Waals surface area contributed by atoms with Crippen LogP contribution in [0.5, 0.6) is 5.75 Å². The second-order valence-corrected chi connectivity index (χ2v) is 6.14. The van der Waals surface area contributed by atoms with Gasteiger partial charge in [-0.2, -0.15) is 0 Å². The van der Waals surface area contributed by atoms with Crippen LogP contribution in [-0.2, 0) is 0 Å². The van der Waals surface area contributed by atoms with E-state index in [1.165, 1.54) is 6.33 Å². The Labute approximate surface area is 140 Å². The van der Waals surface area contributed by atoms with E-state index in [0.29, 0.717) is 6.10 Å². The lowest BCUT2D eigenvalue weighted by Crippen LogP contribution is -2.37. The second kappa shape index (κ2) is 6.57. The molecule has 1 aliphatic heterocycles. The molecule has 0 amide bonds. The third-order valence-corrected chi connectivity index (χ3v) is 4.59. The number of rotatable bonds is 4. The molecule has 24 heavy (non-hydrogen) atoms. The van der Waals surface area contributed by atoms with E-state index in [-0.39, 0.29) is 0 Å². The largest absolute Gasteiger partial charge is 0.489 e. The Hall–Kier alpha value is -2.47. The predicted molar refractivity (Wildman–Crippen MR) is 92.9 cm³/mol. The molecular weight excluding hydrogens is 302 g/mol. The molecule has 4 heterocycles. The number of nitrogens with zero attached hydrogens (tertiary/aromatic N) is 4. The van der Waals surface area contributed by atoms with E-state index in [9.17, 15) is 0 Å². The van der Waals surface area contributed by atoms with Crippen molar-refractivity contribution in [1.29, 1.82) is 0 Å². The minimum atomic E-state index is 0.295. The van der Waals surface area contributed by atoms with E-state index in [4.69, 9.17) is 4.74 Å². The van der Waals surface area contributed by atoms with Gasteiger partial charge in [0.1, 0.15) is 23.8 Å². The third kappa shape index (κ3) is 3.10. The summed E-state index contributed by atoms with van der Waals surface area (Å²) < 4.78 is 6.08. The molecular formula is C18H21N5O. The zero-order valence-electron chi connectivity index (χ0n) is 13.8. The van der Waals surface area contributed by atoms with Crippen LogP contribution >= 0.6 is 0 Å². The van der Waals surface area contributed by atoms with Gasteiger partial charge in [-0.15, -0.1) is 0 Å². The summed E-state index contributed by atoms with van der Waals surface area (Å²) in [5, 5.41) is 0.984. The lowest BCUT2D eigenvalue weighted by atomic mass is 10.1. The van der Waals surface area contributed by atoms with Crippen molar-refractivity contribution in [2.45, 2.75) is 25.9 Å². The molecule has 1 saturated heterocycles. The number of aromatic amines is 1. The third-order valence-electron chi connectivity index (χ3n) is 4.59. The summed E-state index contributed by atoms with van der Waals surface area (Å²) in [6, 6.07) is 5.99. The monoisotopic (exact) mass is 323 g/mol. The molecule has 124 valence electrons. The molecule has 6 heteroatoms. The number of hydrogen-bond donors (Lipinski definition) is 1. The van der Waals surface area contributed by atoms with Gasteiger partial charge < -0.3 is 14.6 Å². The smallest absolute Gasteiger partial charge is 0.141 e. The van der Waals surface area contributed by atoms with Gasteiger partial charge in [-0.25, -0.2) is 9.97 Å². The van der Waals surface area contributed by atoms with E-state index in [0.717, 1.165) is 60.6 Å². The average Bonchev–Trinajstić information content (AvgIpc) is 3.07. The molecule has 4 rings (SSSR count). The Balaban J connectivity index is 1.45. The quantitative estimate of drug-likeness (QED) is 0.799. The van der Waals surface area contributed by atoms with Crippen molar-refractivity contribution in [2.24, 2.45) is 0 Å². The summed E-state index contributed by atoms with van der Waals surface area (Å²) in [5.74, 6) is 0.838. The normalized spacial score (nSPS) is 16.5. The van der Waals surface area contributed by atoms with Crippen molar-refractivity contribution in [3.63, 3.8) is 0 Å². The molecule has 3 aromatic rings. The Kier molecular flexibility index (Phi) is 4.13. The first-order valence-electron chi connectivity index (χ1n) is 8.46. The van der Waals surface area contributed by atoms with Crippen LogP contribution in [0, 0.1) is 0 Å². The molecule has 0 aliphatic carbocycles. The van der Waals surface area contributed by atoms with E-state index >= 15 is 0 Å². The SMILES string of the molecule is CCN1CCC(Oc2ccc(-c3cc4cncnc4[nH]3)nc2)CC1. The molecule has 0 atom stereocenters. The lowest BCUT2D eigenvalue weighted by Gasteiger charge is -2.31. The second-order valence-electron chi connectivity index (χ2n) is 6.14. The first-order chi connectivity index (χ1) is 11.8. The highest BCUT2D eigenvalue weighted by molar-refractivity contribution is 5.81. The maximum atomic E-state index is 6.08. The molecule has 0 bridgehead atoms. The lowest BCUT2D eigenvalue weighted by molar-refractivity contribution is 0.103. The molecule has 0 unspecified atom stereocenters. The zero-order chi connectivity index (χ0) is 16.4. The van der Waals surface area contributed by atoms with Gasteiger partial charge in [-0.3, -0.25) is 4.98 Å². The summed E-state index contributed by atoms with van der Waals surface area (Å²) in [4.78, 5) is 18.5. The van der Waals surface area contributed by atoms with Crippen molar-refractivity contribution in [3.8, 4) is 17.1 Å². The van der Waals surface area contributed by atoms with E-state index < -0.39 is 0 Å². The van der Waals surface area contributed by atoms with E-state index in [1.807, 2.05) is 18.2 Å². The highest BCUT2D eigenvalue weighted by Gasteiger charge is 2.19. The van der Waals surface area contributed by atoms with E-state index in [2.05, 4.69) is 31.8 Å². The molecule has 0 radical (unpaired) electrons. The number of nitrogens with one attached hydrogen (secondary N) is 1. The van der Waals surface area contributed by atoms with Crippen LogP contribution in [0.2, 0.25) is 0 Å². The van der Waals surface area contributed by atoms with Crippen LogP contribution < -0.4 is 4.74 Å². The first-order valence-corrected chi connectivity index (χ1v) is 8.46. The molecule has 6 nitrogen and oxygen atoms in total. The molecule has 1 N–H and O–H groups in total. The van der Waals surface area contributed by atoms with Gasteiger partial charge in [0.05, 0.1) is 17.6 Å². The van der Waals surface area contributed by atoms with Gasteiger partial charge in [-0.05, 0) is 37.6 Å². The Bertz CT molecular complexity index is 773. The van der Waals surface area contributed by atoms with Crippen molar-refractivity contribution in [1.82, 2.24) is 24.8 Å². The summed E-state index contributed by atoms with van der Waals surface area (Å²) in [5.41, 5.74) is 2.64. The standard InChI is InChI=1S/C18H21N5O/c1-2-23-7-5-14(6-8-23)24-15-3-4-16(20-11-15)17-9-13-10-19-12-21-18(13)22-17/h3-4,9-12,14H,2,5-8H2,1H3,(H,19,21,22). The molecule has 0 aromatic carbocycles. The Morgan fingerprint density at radius 2 is 2.08 bits per heavy atom. The first kappa shape index (κ1) is 15.1. The van der Waals surface area contributed by atoms with Gasteiger partial charge >= 0.3 is 0 Å². The van der Waals surface area contributed by atoms with Gasteiger partial charge in [-0.1, -0.05) is 6.92 Å². The van der Waals surface area contributed by atoms with Crippen LogP contribution in [0.25, 0.3) is 22.4 Å². The summed E-state index contributed by atoms with van der Waals surface area (Å²) >= 11 is 0. The Morgan fingerprint density at radius 3 is 2.79 bits per heavy atom. The molecule has 1 aliphatic rings. The van der Waals surface area contributed by atoms with Crippen molar-refractivity contribution < 1.29 is 4.74 Å². The minimum absolute atomic E-state index is 0.295. The van der Waals surface area contributed by atoms with Crippen molar-refractivity contribution >= 4 is 11.0 Å². The molecule has 3 aromatic heterocycles. The van der Waals surface area contributed by atoms with Crippen LogP contribution in [0.3, 0.4) is 0 Å². The maximum absolute atomic E-state index is 6.08. The van der Waals surface area contributed by atoms with Crippen molar-refractivity contribution in [3.05, 3.63) is 36.9 Å². The zero-order valence-corrected chi connectivity index (χ0v) is 13.8. The van der Waals surface area contributed by atoms with Crippen LogP contribution in [-0.4, -0.2) is 50.6 Å². The number of piperidine rings is 1. The van der Waals surface area contributed by atoms with E-state index in [1.54, 1.807) is 12.4 Å². The van der Waals surface area contributed by atoms with Gasteiger partial charge in [0, 0.05) is 24.7 Å². The number of fused-ring (bicyclic) bond motifs is 1. The van der Waals surface area contributed by atoms with Crippen LogP contribution in [0.15, 0.2) is 36.9 Å². The number of likely N-dealkylation sites (tertiary alicyclic amines) is 1. The minimum Gasteiger partial charge on any atom is -0.489 e. The molecule has 0 spiro atoms. The molecule has 0 saturated carbocycles. The van der Waals surface area contributed by atoms with Gasteiger partial charge in [0.15, 0.2) is 0 Å². The highest BCUT2D eigenvalue weighted by Crippen LogP contribution is 2.24. The predicted octanol–water partition coefficient (Wildman–Crippen LogP) is 2.88. The van der Waals surface area contributed by atoms with Gasteiger partial charge in [0.25, 0.3) is 0 Å². The van der Waals surface area contributed by atoms with Gasteiger partial charge in [0.2, 0.25) is 0 Å². The highest BCUT2D eigenvalue weighted by atomic mass is 16.5. The fraction of sp³-hybridized carbons (Fsp3) is 0.389. The Morgan fingerprint density at radius 1 is 1.21 bits per heavy atom. The average molecular weight is 323 g/mol. The number of aromatic nitrogens is 4. The fourth-order valence-electron chi connectivity index (χ4n) is 3.15. The summed E-state index contributed by atoms with van der Waals surface area (Å²) in [6.45, 7) is 5.56. The maximum Gasteiger partial charge on any atom is 0.141 e. The number of hydrogen-bond acceptors (Lipinski definition) is 5. The number of pyridine rings is 1. The molecule has 1 fully saturated rings. The topological polar surface area (TPSA) is 66.9 Å². The number of ether oxygens (including phenoxy) is 1. The summed E-state index contributed by atoms with van der Waals surface area (Å²) in [7, 11) is 0. The fourth-order valence-corrected chi connectivity index (χ4v) is 3.15. The number of H-pyrrole nitrogens is 1. The summed E-state index contributed by atoms with van der Waals surface area (Å²) in [6.07, 6.45) is 7.59. The van der Waals surface area contributed by atoms with Crippen LogP contribution in [0.4, 0.5) is 0 Å². The van der Waals surface area contributed by atoms with Crippen LogP contribution in [0.1, 0.15) is 19.8 Å². The van der Waals surface area contributed by atoms with Crippen molar-refractivity contribution in [2.75, 3.05) is 19.6 Å².